The van der Waals surface area contributed by atoms with Gasteiger partial charge in [-0.05, 0) is 17.0 Å². The van der Waals surface area contributed by atoms with Gasteiger partial charge in [-0.15, -0.1) is 0 Å². The Morgan fingerprint density at radius 3 is 2.18 bits per heavy atom. The maximum atomic E-state index is 12.2. The lowest BCUT2D eigenvalue weighted by atomic mass is 10.1. The molecule has 4 heteroatoms. The third kappa shape index (κ3) is 3.46. The smallest absolute Gasteiger partial charge is 0.295 e. The molecule has 0 unspecified atom stereocenters. The van der Waals surface area contributed by atoms with E-state index in [1.807, 2.05) is 24.3 Å². The van der Waals surface area contributed by atoms with Gasteiger partial charge in [-0.25, -0.2) is 0 Å². The number of alkyl halides is 3. The molecule has 0 saturated carbocycles. The molecule has 17 heavy (non-hydrogen) atoms. The molecule has 0 fully saturated rings. The fourth-order valence-electron chi connectivity index (χ4n) is 2.43. The molecule has 1 heterocycles. The van der Waals surface area contributed by atoms with Crippen LogP contribution in [-0.4, -0.2) is 17.6 Å². The molecular formula is C13H16F3N. The number of hydrogen-bond donors (Lipinski definition) is 0. The Morgan fingerprint density at radius 1 is 1.18 bits per heavy atom. The number of nitrogens with zero attached hydrogens (tertiary/aromatic N) is 1. The average Bonchev–Trinajstić information content (AvgIpc) is 2.55. The van der Waals surface area contributed by atoms with E-state index in [1.165, 1.54) is 11.1 Å². The van der Waals surface area contributed by atoms with E-state index in [0.29, 0.717) is 6.54 Å². The van der Waals surface area contributed by atoms with E-state index >= 15 is 0 Å². The first-order valence-electron chi connectivity index (χ1n) is 5.80. The highest BCUT2D eigenvalue weighted by atomic mass is 19.4. The van der Waals surface area contributed by atoms with Gasteiger partial charge in [0, 0.05) is 26.1 Å². The van der Waals surface area contributed by atoms with E-state index in [1.54, 1.807) is 6.92 Å². The van der Waals surface area contributed by atoms with Crippen molar-refractivity contribution < 1.29 is 13.2 Å². The van der Waals surface area contributed by atoms with Gasteiger partial charge in [0.1, 0.15) is 0 Å². The summed E-state index contributed by atoms with van der Waals surface area (Å²) in [5.74, 6) is -0.343. The molecule has 1 aliphatic heterocycles. The van der Waals surface area contributed by atoms with Crippen LogP contribution in [-0.2, 0) is 13.1 Å². The topological polar surface area (TPSA) is 3.24 Å². The minimum Gasteiger partial charge on any atom is -0.295 e. The van der Waals surface area contributed by atoms with E-state index < -0.39 is 12.6 Å². The molecular weight excluding hydrogens is 227 g/mol. The predicted molar refractivity (Wildman–Crippen MR) is 60.4 cm³/mol. The van der Waals surface area contributed by atoms with Crippen LogP contribution >= 0.6 is 0 Å². The quantitative estimate of drug-likeness (QED) is 0.784. The highest BCUT2D eigenvalue weighted by molar-refractivity contribution is 5.30. The first kappa shape index (κ1) is 12.4. The summed E-state index contributed by atoms with van der Waals surface area (Å²) >= 11 is 0. The second-order valence-electron chi connectivity index (χ2n) is 4.86. The van der Waals surface area contributed by atoms with Crippen LogP contribution in [0.25, 0.3) is 0 Å². The molecule has 1 atom stereocenters. The van der Waals surface area contributed by atoms with Crippen LogP contribution in [0.3, 0.4) is 0 Å². The second kappa shape index (κ2) is 4.69. The largest absolute Gasteiger partial charge is 0.389 e. The van der Waals surface area contributed by atoms with Crippen LogP contribution < -0.4 is 0 Å². The van der Waals surface area contributed by atoms with Crippen molar-refractivity contribution in [2.45, 2.75) is 32.6 Å². The normalized spacial score (nSPS) is 18.1. The number of fused-ring (bicyclic) bond motifs is 1. The Bertz CT molecular complexity index is 361. The predicted octanol–water partition coefficient (Wildman–Crippen LogP) is 3.59. The molecule has 0 aliphatic carbocycles. The molecule has 0 aromatic heterocycles. The lowest BCUT2D eigenvalue weighted by Gasteiger charge is -2.21. The number of halogens is 3. The van der Waals surface area contributed by atoms with Gasteiger partial charge in [-0.1, -0.05) is 31.2 Å². The Labute approximate surface area is 99.2 Å². The zero-order valence-electron chi connectivity index (χ0n) is 9.80. The summed E-state index contributed by atoms with van der Waals surface area (Å²) in [5, 5.41) is 0. The van der Waals surface area contributed by atoms with Crippen molar-refractivity contribution in [1.29, 1.82) is 0 Å². The molecule has 0 saturated heterocycles. The SMILES string of the molecule is C[C@@H](CN1Cc2ccccc2C1)CC(F)(F)F. The van der Waals surface area contributed by atoms with Crippen molar-refractivity contribution >= 4 is 0 Å². The van der Waals surface area contributed by atoms with E-state index in [-0.39, 0.29) is 5.92 Å². The third-order valence-electron chi connectivity index (χ3n) is 3.06. The Hall–Kier alpha value is -1.03. The lowest BCUT2D eigenvalue weighted by molar-refractivity contribution is -0.144. The maximum absolute atomic E-state index is 12.2. The van der Waals surface area contributed by atoms with Crippen LogP contribution in [0.2, 0.25) is 0 Å². The van der Waals surface area contributed by atoms with Gasteiger partial charge in [-0.2, -0.15) is 13.2 Å². The van der Waals surface area contributed by atoms with Gasteiger partial charge < -0.3 is 0 Å². The molecule has 1 aromatic rings. The molecule has 2 rings (SSSR count). The molecule has 0 spiro atoms. The molecule has 1 nitrogen and oxygen atoms in total. The van der Waals surface area contributed by atoms with Crippen molar-refractivity contribution in [1.82, 2.24) is 4.90 Å². The van der Waals surface area contributed by atoms with Gasteiger partial charge in [0.15, 0.2) is 0 Å². The Morgan fingerprint density at radius 2 is 1.71 bits per heavy atom. The van der Waals surface area contributed by atoms with E-state index in [4.69, 9.17) is 0 Å². The van der Waals surface area contributed by atoms with Crippen LogP contribution in [0.4, 0.5) is 13.2 Å². The Kier molecular flexibility index (Phi) is 3.43. The van der Waals surface area contributed by atoms with Gasteiger partial charge >= 0.3 is 6.18 Å². The molecule has 1 aromatic carbocycles. The minimum atomic E-state index is -4.05. The molecule has 0 radical (unpaired) electrons. The zero-order valence-corrected chi connectivity index (χ0v) is 9.80. The van der Waals surface area contributed by atoms with Crippen LogP contribution in [0.15, 0.2) is 24.3 Å². The van der Waals surface area contributed by atoms with Crippen molar-refractivity contribution in [2.24, 2.45) is 5.92 Å². The number of hydrogen-bond acceptors (Lipinski definition) is 1. The average molecular weight is 243 g/mol. The van der Waals surface area contributed by atoms with Gasteiger partial charge in [0.2, 0.25) is 0 Å². The van der Waals surface area contributed by atoms with Gasteiger partial charge in [0.25, 0.3) is 0 Å². The first-order chi connectivity index (χ1) is 7.94. The first-order valence-corrected chi connectivity index (χ1v) is 5.80. The van der Waals surface area contributed by atoms with Crippen LogP contribution in [0, 0.1) is 5.92 Å². The van der Waals surface area contributed by atoms with E-state index in [2.05, 4.69) is 4.90 Å². The van der Waals surface area contributed by atoms with Crippen molar-refractivity contribution in [3.8, 4) is 0 Å². The number of rotatable bonds is 3. The number of benzene rings is 1. The van der Waals surface area contributed by atoms with Crippen LogP contribution in [0.5, 0.6) is 0 Å². The van der Waals surface area contributed by atoms with Crippen molar-refractivity contribution in [3.05, 3.63) is 35.4 Å². The van der Waals surface area contributed by atoms with E-state index in [9.17, 15) is 13.2 Å². The fraction of sp³-hybridized carbons (Fsp3) is 0.538. The zero-order chi connectivity index (χ0) is 12.5. The third-order valence-corrected chi connectivity index (χ3v) is 3.06. The Balaban J connectivity index is 1.87. The maximum Gasteiger partial charge on any atom is 0.389 e. The second-order valence-corrected chi connectivity index (χ2v) is 4.86. The fourth-order valence-corrected chi connectivity index (χ4v) is 2.43. The summed E-state index contributed by atoms with van der Waals surface area (Å²) in [5.41, 5.74) is 2.48. The molecule has 0 N–H and O–H groups in total. The summed E-state index contributed by atoms with van der Waals surface area (Å²) in [4.78, 5) is 2.08. The molecule has 1 aliphatic rings. The summed E-state index contributed by atoms with van der Waals surface area (Å²) in [6.45, 7) is 3.72. The summed E-state index contributed by atoms with van der Waals surface area (Å²) in [6, 6.07) is 8.04. The van der Waals surface area contributed by atoms with Crippen LogP contribution in [0.1, 0.15) is 24.5 Å². The van der Waals surface area contributed by atoms with Crippen molar-refractivity contribution in [3.63, 3.8) is 0 Å². The summed E-state index contributed by atoms with van der Waals surface area (Å²) in [7, 11) is 0. The summed E-state index contributed by atoms with van der Waals surface area (Å²) in [6.07, 6.45) is -4.74. The minimum absolute atomic E-state index is 0.343. The standard InChI is InChI=1S/C13H16F3N/c1-10(6-13(14,15)16)7-17-8-11-4-2-3-5-12(11)9-17/h2-5,10H,6-9H2,1H3/t10-/m1/s1. The summed E-state index contributed by atoms with van der Waals surface area (Å²) < 4.78 is 36.7. The van der Waals surface area contributed by atoms with E-state index in [0.717, 1.165) is 13.1 Å². The molecule has 0 amide bonds. The highest BCUT2D eigenvalue weighted by Crippen LogP contribution is 2.28. The van der Waals surface area contributed by atoms with Gasteiger partial charge in [0.05, 0.1) is 0 Å². The monoisotopic (exact) mass is 243 g/mol. The van der Waals surface area contributed by atoms with Gasteiger partial charge in [-0.3, -0.25) is 4.90 Å². The highest BCUT2D eigenvalue weighted by Gasteiger charge is 2.31. The molecule has 0 bridgehead atoms. The lowest BCUT2D eigenvalue weighted by Crippen LogP contribution is -2.26. The molecule has 94 valence electrons. The van der Waals surface area contributed by atoms with Crippen molar-refractivity contribution in [2.75, 3.05) is 6.54 Å².